The molecule has 0 bridgehead atoms. The molecule has 1 aromatic heterocycles. The van der Waals surface area contributed by atoms with E-state index < -0.39 is 0 Å². The average Bonchev–Trinajstić information content (AvgIpc) is 2.14. The van der Waals surface area contributed by atoms with Crippen molar-refractivity contribution in [2.75, 3.05) is 6.66 Å². The molecule has 2 heteroatoms. The van der Waals surface area contributed by atoms with E-state index >= 15 is 0 Å². The summed E-state index contributed by atoms with van der Waals surface area (Å²) in [6.07, 6.45) is 0. The van der Waals surface area contributed by atoms with Gasteiger partial charge in [0.05, 0.1) is 0 Å². The zero-order chi connectivity index (χ0) is 5.98. The predicted molar refractivity (Wildman–Crippen MR) is 42.9 cm³/mol. The summed E-state index contributed by atoms with van der Waals surface area (Å²) >= 11 is 1.90. The minimum atomic E-state index is 0.969. The van der Waals surface area contributed by atoms with Crippen LogP contribution >= 0.6 is 19.9 Å². The molecule has 0 nitrogen and oxygen atoms in total. The molecule has 1 atom stereocenters. The highest BCUT2D eigenvalue weighted by molar-refractivity contribution is 7.56. The van der Waals surface area contributed by atoms with Crippen LogP contribution in [0.25, 0.3) is 0 Å². The summed E-state index contributed by atoms with van der Waals surface area (Å²) in [4.78, 5) is 1.43. The first-order chi connectivity index (χ1) is 3.83. The molecule has 0 aliphatic heterocycles. The van der Waals surface area contributed by atoms with E-state index in [1.807, 2.05) is 11.3 Å². The van der Waals surface area contributed by atoms with E-state index in [4.69, 9.17) is 0 Å². The van der Waals surface area contributed by atoms with Crippen LogP contribution in [0.4, 0.5) is 0 Å². The summed E-state index contributed by atoms with van der Waals surface area (Å²) in [6.45, 7) is 4.36. The molecule has 1 heterocycles. The second-order valence-electron chi connectivity index (χ2n) is 1.66. The lowest BCUT2D eigenvalue weighted by molar-refractivity contribution is 1.64. The molecule has 1 rings (SSSR count). The smallest absolute Gasteiger partial charge is 0.0247 e. The molecule has 0 saturated carbocycles. The van der Waals surface area contributed by atoms with Gasteiger partial charge < -0.3 is 0 Å². The van der Waals surface area contributed by atoms with Crippen LogP contribution in [0.3, 0.4) is 0 Å². The fourth-order valence-electron chi connectivity index (χ4n) is 0.569. The number of hydrogen-bond acceptors (Lipinski definition) is 1. The minimum Gasteiger partial charge on any atom is -0.141 e. The Bertz CT molecular complexity index is 169. The molecule has 1 aromatic rings. The minimum absolute atomic E-state index is 0.969. The van der Waals surface area contributed by atoms with Crippen LogP contribution in [-0.4, -0.2) is 6.66 Å². The molecular weight excluding hydrogens is 135 g/mol. The Labute approximate surface area is 55.7 Å². The SMILES string of the molecule is CPc1ccc(C)s1. The molecule has 0 N–H and O–H groups in total. The lowest BCUT2D eigenvalue weighted by Crippen LogP contribution is -1.76. The van der Waals surface area contributed by atoms with Crippen molar-refractivity contribution < 1.29 is 0 Å². The van der Waals surface area contributed by atoms with Gasteiger partial charge in [-0.25, -0.2) is 0 Å². The van der Waals surface area contributed by atoms with Crippen molar-refractivity contribution in [3.63, 3.8) is 0 Å². The topological polar surface area (TPSA) is 0 Å². The van der Waals surface area contributed by atoms with Gasteiger partial charge >= 0.3 is 0 Å². The lowest BCUT2D eigenvalue weighted by atomic mass is 10.5. The van der Waals surface area contributed by atoms with E-state index in [9.17, 15) is 0 Å². The number of rotatable bonds is 1. The maximum absolute atomic E-state index is 2.21. The molecule has 0 aliphatic rings. The van der Waals surface area contributed by atoms with E-state index in [-0.39, 0.29) is 0 Å². The first kappa shape index (κ1) is 6.25. The lowest BCUT2D eigenvalue weighted by Gasteiger charge is -1.81. The van der Waals surface area contributed by atoms with Crippen LogP contribution in [0.15, 0.2) is 12.1 Å². The van der Waals surface area contributed by atoms with Crippen LogP contribution < -0.4 is 4.62 Å². The summed E-state index contributed by atoms with van der Waals surface area (Å²) in [5.41, 5.74) is 0. The van der Waals surface area contributed by atoms with E-state index in [1.54, 1.807) is 0 Å². The van der Waals surface area contributed by atoms with Crippen molar-refractivity contribution >= 4 is 24.5 Å². The van der Waals surface area contributed by atoms with Crippen molar-refractivity contribution in [1.82, 2.24) is 0 Å². The van der Waals surface area contributed by atoms with Crippen LogP contribution in [0.1, 0.15) is 4.88 Å². The molecule has 0 spiro atoms. The van der Waals surface area contributed by atoms with Gasteiger partial charge in [0.25, 0.3) is 0 Å². The molecule has 0 radical (unpaired) electrons. The Kier molecular flexibility index (Phi) is 2.04. The van der Waals surface area contributed by atoms with Gasteiger partial charge in [-0.05, 0) is 25.7 Å². The molecule has 0 saturated heterocycles. The number of thiophene rings is 1. The van der Waals surface area contributed by atoms with Gasteiger partial charge in [-0.15, -0.1) is 11.3 Å². The van der Waals surface area contributed by atoms with Crippen molar-refractivity contribution in [2.45, 2.75) is 6.92 Å². The predicted octanol–water partition coefficient (Wildman–Crippen LogP) is 1.99. The number of hydrogen-bond donors (Lipinski definition) is 0. The summed E-state index contributed by atoms with van der Waals surface area (Å²) < 4.78 is 1.52. The van der Waals surface area contributed by atoms with Crippen LogP contribution in [0.2, 0.25) is 0 Å². The summed E-state index contributed by atoms with van der Waals surface area (Å²) in [5.74, 6) is 0. The van der Waals surface area contributed by atoms with Crippen molar-refractivity contribution in [3.05, 3.63) is 17.0 Å². The Morgan fingerprint density at radius 1 is 1.50 bits per heavy atom. The first-order valence-electron chi connectivity index (χ1n) is 2.57. The normalized spacial score (nSPS) is 11.2. The third-order valence-electron chi connectivity index (χ3n) is 0.987. The molecule has 44 valence electrons. The largest absolute Gasteiger partial charge is 0.141 e. The van der Waals surface area contributed by atoms with Crippen molar-refractivity contribution in [1.29, 1.82) is 0 Å². The van der Waals surface area contributed by atoms with Gasteiger partial charge in [0.1, 0.15) is 0 Å². The summed E-state index contributed by atoms with van der Waals surface area (Å²) in [7, 11) is 0.969. The Hall–Kier alpha value is 0.130. The third-order valence-corrected chi connectivity index (χ3v) is 3.38. The van der Waals surface area contributed by atoms with Gasteiger partial charge in [0, 0.05) is 9.50 Å². The standard InChI is InChI=1S/C6H9PS/c1-5-3-4-6(7-2)8-5/h3-4,7H,1-2H3. The maximum Gasteiger partial charge on any atom is 0.0247 e. The molecule has 8 heavy (non-hydrogen) atoms. The highest BCUT2D eigenvalue weighted by Crippen LogP contribution is 2.12. The van der Waals surface area contributed by atoms with Crippen molar-refractivity contribution in [2.24, 2.45) is 0 Å². The van der Waals surface area contributed by atoms with E-state index in [2.05, 4.69) is 25.7 Å². The Morgan fingerprint density at radius 3 is 2.50 bits per heavy atom. The maximum atomic E-state index is 2.21. The van der Waals surface area contributed by atoms with Crippen molar-refractivity contribution in [3.8, 4) is 0 Å². The van der Waals surface area contributed by atoms with Crippen LogP contribution in [-0.2, 0) is 0 Å². The second-order valence-corrected chi connectivity index (χ2v) is 4.35. The van der Waals surface area contributed by atoms with Gasteiger partial charge in [0.2, 0.25) is 0 Å². The molecule has 0 aromatic carbocycles. The fourth-order valence-corrected chi connectivity index (χ4v) is 2.33. The van der Waals surface area contributed by atoms with Crippen LogP contribution in [0, 0.1) is 6.92 Å². The zero-order valence-corrected chi connectivity index (χ0v) is 6.88. The highest BCUT2D eigenvalue weighted by atomic mass is 32.1. The molecule has 0 fully saturated rings. The fraction of sp³-hybridized carbons (Fsp3) is 0.333. The van der Waals surface area contributed by atoms with Gasteiger partial charge in [-0.3, -0.25) is 0 Å². The third kappa shape index (κ3) is 1.30. The van der Waals surface area contributed by atoms with Crippen LogP contribution in [0.5, 0.6) is 0 Å². The molecule has 0 amide bonds. The Balaban J connectivity index is 2.84. The number of aryl methyl sites for hydroxylation is 1. The van der Waals surface area contributed by atoms with Gasteiger partial charge in [-0.1, -0.05) is 8.58 Å². The quantitative estimate of drug-likeness (QED) is 0.529. The summed E-state index contributed by atoms with van der Waals surface area (Å²) in [6, 6.07) is 4.38. The van der Waals surface area contributed by atoms with E-state index in [1.165, 1.54) is 9.50 Å². The Morgan fingerprint density at radius 2 is 2.25 bits per heavy atom. The molecule has 0 aliphatic carbocycles. The summed E-state index contributed by atoms with van der Waals surface area (Å²) in [5, 5.41) is 0. The monoisotopic (exact) mass is 144 g/mol. The zero-order valence-electron chi connectivity index (χ0n) is 5.06. The van der Waals surface area contributed by atoms with E-state index in [0.717, 1.165) is 8.58 Å². The first-order valence-corrected chi connectivity index (χ1v) is 4.89. The molecule has 1 unspecified atom stereocenters. The van der Waals surface area contributed by atoms with E-state index in [0.29, 0.717) is 0 Å². The highest BCUT2D eigenvalue weighted by Gasteiger charge is 1.89. The molecular formula is C6H9PS. The van der Waals surface area contributed by atoms with Gasteiger partial charge in [0.15, 0.2) is 0 Å². The second kappa shape index (κ2) is 2.61. The average molecular weight is 144 g/mol. The van der Waals surface area contributed by atoms with Gasteiger partial charge in [-0.2, -0.15) is 0 Å².